The van der Waals surface area contributed by atoms with Crippen molar-refractivity contribution in [3.63, 3.8) is 0 Å². The van der Waals surface area contributed by atoms with Crippen LogP contribution < -0.4 is 5.32 Å². The molecular formula is C9H15NO4. The Kier molecular flexibility index (Phi) is 2.54. The van der Waals surface area contributed by atoms with Crippen molar-refractivity contribution >= 4 is 11.9 Å². The number of hydrogen-bond donors (Lipinski definition) is 2. The van der Waals surface area contributed by atoms with Crippen LogP contribution in [0, 0.1) is 5.41 Å². The van der Waals surface area contributed by atoms with Gasteiger partial charge in [0, 0.05) is 12.3 Å². The second-order valence-corrected chi connectivity index (χ2v) is 4.27. The van der Waals surface area contributed by atoms with Gasteiger partial charge >= 0.3 is 5.97 Å². The van der Waals surface area contributed by atoms with Gasteiger partial charge in [-0.2, -0.15) is 0 Å². The minimum absolute atomic E-state index is 0.0227. The van der Waals surface area contributed by atoms with Crippen LogP contribution in [-0.2, 0) is 14.3 Å². The summed E-state index contributed by atoms with van der Waals surface area (Å²) in [5.74, 6) is -1.40. The predicted molar refractivity (Wildman–Crippen MR) is 48.8 cm³/mol. The molecule has 5 heteroatoms. The van der Waals surface area contributed by atoms with Crippen molar-refractivity contribution in [1.82, 2.24) is 5.32 Å². The first-order valence-corrected chi connectivity index (χ1v) is 4.42. The topological polar surface area (TPSA) is 75.6 Å². The van der Waals surface area contributed by atoms with Crippen molar-refractivity contribution in [1.29, 1.82) is 0 Å². The Morgan fingerprint density at radius 2 is 1.93 bits per heavy atom. The van der Waals surface area contributed by atoms with E-state index in [1.807, 2.05) is 0 Å². The number of rotatable bonds is 2. The quantitative estimate of drug-likeness (QED) is 0.659. The van der Waals surface area contributed by atoms with Gasteiger partial charge in [0.1, 0.15) is 0 Å². The molecule has 1 heterocycles. The lowest BCUT2D eigenvalue weighted by Gasteiger charge is -2.35. The van der Waals surface area contributed by atoms with Crippen LogP contribution in [0.4, 0.5) is 0 Å². The molecular weight excluding hydrogens is 186 g/mol. The summed E-state index contributed by atoms with van der Waals surface area (Å²) in [6.07, 6.45) is 0. The number of ether oxygens (including phenoxy) is 1. The SMILES string of the molecule is CC(=O)NC1(C(=O)O)COCC1(C)C. The minimum Gasteiger partial charge on any atom is -0.479 e. The Morgan fingerprint density at radius 1 is 1.36 bits per heavy atom. The van der Waals surface area contributed by atoms with Crippen molar-refractivity contribution in [3.05, 3.63) is 0 Å². The zero-order valence-electron chi connectivity index (χ0n) is 8.59. The summed E-state index contributed by atoms with van der Waals surface area (Å²) in [4.78, 5) is 22.1. The molecule has 1 saturated heterocycles. The van der Waals surface area contributed by atoms with Crippen LogP contribution in [-0.4, -0.2) is 35.7 Å². The third kappa shape index (κ3) is 1.48. The van der Waals surface area contributed by atoms with E-state index in [0.29, 0.717) is 6.61 Å². The van der Waals surface area contributed by atoms with E-state index in [9.17, 15) is 9.59 Å². The van der Waals surface area contributed by atoms with E-state index >= 15 is 0 Å². The molecule has 1 aliphatic heterocycles. The molecule has 1 fully saturated rings. The third-order valence-electron chi connectivity index (χ3n) is 2.69. The maximum Gasteiger partial charge on any atom is 0.332 e. The molecule has 2 N–H and O–H groups in total. The van der Waals surface area contributed by atoms with Crippen molar-refractivity contribution in [2.45, 2.75) is 26.3 Å². The molecule has 1 amide bonds. The first kappa shape index (κ1) is 11.0. The molecule has 0 radical (unpaired) electrons. The smallest absolute Gasteiger partial charge is 0.332 e. The van der Waals surface area contributed by atoms with E-state index < -0.39 is 16.9 Å². The molecule has 14 heavy (non-hydrogen) atoms. The summed E-state index contributed by atoms with van der Waals surface area (Å²) in [6, 6.07) is 0. The highest BCUT2D eigenvalue weighted by molar-refractivity contribution is 5.87. The molecule has 1 rings (SSSR count). The van der Waals surface area contributed by atoms with Gasteiger partial charge < -0.3 is 15.2 Å². The molecule has 80 valence electrons. The fraction of sp³-hybridized carbons (Fsp3) is 0.778. The molecule has 1 atom stereocenters. The number of nitrogens with one attached hydrogen (secondary N) is 1. The molecule has 0 aromatic carbocycles. The molecule has 0 spiro atoms. The lowest BCUT2D eigenvalue weighted by molar-refractivity contribution is -0.151. The Morgan fingerprint density at radius 3 is 2.21 bits per heavy atom. The fourth-order valence-electron chi connectivity index (χ4n) is 1.69. The summed E-state index contributed by atoms with van der Waals surface area (Å²) >= 11 is 0. The maximum absolute atomic E-state index is 11.2. The van der Waals surface area contributed by atoms with E-state index in [0.717, 1.165) is 0 Å². The van der Waals surface area contributed by atoms with Gasteiger partial charge in [-0.1, -0.05) is 13.8 Å². The van der Waals surface area contributed by atoms with E-state index in [1.54, 1.807) is 13.8 Å². The van der Waals surface area contributed by atoms with Gasteiger partial charge in [0.15, 0.2) is 5.54 Å². The van der Waals surface area contributed by atoms with Crippen molar-refractivity contribution < 1.29 is 19.4 Å². The van der Waals surface area contributed by atoms with Crippen LogP contribution in [0.2, 0.25) is 0 Å². The van der Waals surface area contributed by atoms with Gasteiger partial charge in [-0.05, 0) is 0 Å². The van der Waals surface area contributed by atoms with Gasteiger partial charge in [0.05, 0.1) is 13.2 Å². The Labute approximate surface area is 82.4 Å². The molecule has 0 bridgehead atoms. The summed E-state index contributed by atoms with van der Waals surface area (Å²) in [6.45, 7) is 5.20. The van der Waals surface area contributed by atoms with Crippen molar-refractivity contribution in [3.8, 4) is 0 Å². The number of hydrogen-bond acceptors (Lipinski definition) is 3. The lowest BCUT2D eigenvalue weighted by Crippen LogP contribution is -2.62. The van der Waals surface area contributed by atoms with Gasteiger partial charge in [0.2, 0.25) is 5.91 Å². The third-order valence-corrected chi connectivity index (χ3v) is 2.69. The number of aliphatic carboxylic acids is 1. The van der Waals surface area contributed by atoms with E-state index in [2.05, 4.69) is 5.32 Å². The van der Waals surface area contributed by atoms with Gasteiger partial charge in [-0.15, -0.1) is 0 Å². The minimum atomic E-state index is -1.29. The Balaban J connectivity index is 3.04. The van der Waals surface area contributed by atoms with Gasteiger partial charge in [-0.3, -0.25) is 4.79 Å². The number of carboxylic acids is 1. The fourth-order valence-corrected chi connectivity index (χ4v) is 1.69. The zero-order chi connectivity index (χ0) is 11.0. The summed E-state index contributed by atoms with van der Waals surface area (Å²) in [5.41, 5.74) is -1.89. The van der Waals surface area contributed by atoms with Gasteiger partial charge in [0.25, 0.3) is 0 Å². The number of carbonyl (C=O) groups excluding carboxylic acids is 1. The van der Waals surface area contributed by atoms with Crippen LogP contribution in [0.25, 0.3) is 0 Å². The second-order valence-electron chi connectivity index (χ2n) is 4.27. The van der Waals surface area contributed by atoms with Crippen molar-refractivity contribution in [2.24, 2.45) is 5.41 Å². The highest BCUT2D eigenvalue weighted by Crippen LogP contribution is 2.37. The standard InChI is InChI=1S/C9H15NO4/c1-6(11)10-9(7(12)13)5-14-4-8(9,2)3/h4-5H2,1-3H3,(H,10,11)(H,12,13). The first-order valence-electron chi connectivity index (χ1n) is 4.42. The highest BCUT2D eigenvalue weighted by atomic mass is 16.5. The molecule has 1 aliphatic rings. The largest absolute Gasteiger partial charge is 0.479 e. The molecule has 0 saturated carbocycles. The summed E-state index contributed by atoms with van der Waals surface area (Å²) in [7, 11) is 0. The lowest BCUT2D eigenvalue weighted by atomic mass is 9.75. The van der Waals surface area contributed by atoms with Crippen LogP contribution in [0.1, 0.15) is 20.8 Å². The average Bonchev–Trinajstić information content (AvgIpc) is 2.26. The zero-order valence-corrected chi connectivity index (χ0v) is 8.59. The molecule has 5 nitrogen and oxygen atoms in total. The summed E-state index contributed by atoms with van der Waals surface area (Å²) < 4.78 is 5.14. The van der Waals surface area contributed by atoms with Crippen molar-refractivity contribution in [2.75, 3.05) is 13.2 Å². The number of carbonyl (C=O) groups is 2. The number of carboxylic acid groups (broad SMARTS) is 1. The molecule has 0 aliphatic carbocycles. The van der Waals surface area contributed by atoms with Crippen LogP contribution >= 0.6 is 0 Å². The molecule has 1 unspecified atom stereocenters. The maximum atomic E-state index is 11.2. The van der Waals surface area contributed by atoms with Crippen LogP contribution in [0.3, 0.4) is 0 Å². The Hall–Kier alpha value is -1.10. The predicted octanol–water partition coefficient (Wildman–Crippen LogP) is 0.00230. The van der Waals surface area contributed by atoms with Crippen LogP contribution in [0.15, 0.2) is 0 Å². The van der Waals surface area contributed by atoms with Gasteiger partial charge in [-0.25, -0.2) is 4.79 Å². The van der Waals surface area contributed by atoms with Crippen LogP contribution in [0.5, 0.6) is 0 Å². The second kappa shape index (κ2) is 3.24. The average molecular weight is 201 g/mol. The monoisotopic (exact) mass is 201 g/mol. The number of amides is 1. The molecule has 0 aromatic heterocycles. The highest BCUT2D eigenvalue weighted by Gasteiger charge is 2.56. The summed E-state index contributed by atoms with van der Waals surface area (Å²) in [5, 5.41) is 11.6. The van der Waals surface area contributed by atoms with E-state index in [1.165, 1.54) is 6.92 Å². The van der Waals surface area contributed by atoms with E-state index in [4.69, 9.17) is 9.84 Å². The first-order chi connectivity index (χ1) is 6.32. The van der Waals surface area contributed by atoms with E-state index in [-0.39, 0.29) is 12.5 Å². The molecule has 0 aromatic rings. The Bertz CT molecular complexity index is 274. The normalized spacial score (nSPS) is 29.9.